The van der Waals surface area contributed by atoms with Gasteiger partial charge in [-0.05, 0) is 43.2 Å². The van der Waals surface area contributed by atoms with Gasteiger partial charge in [-0.1, -0.05) is 0 Å². The second-order valence-corrected chi connectivity index (χ2v) is 9.69. The highest BCUT2D eigenvalue weighted by Gasteiger charge is 2.29. The van der Waals surface area contributed by atoms with Crippen LogP contribution in [0.25, 0.3) is 5.65 Å². The Kier molecular flexibility index (Phi) is 5.96. The number of carbonyl (C=O) groups excluding carboxylic acids is 1. The highest BCUT2D eigenvalue weighted by molar-refractivity contribution is 7.92. The zero-order valence-electron chi connectivity index (χ0n) is 18.7. The first-order chi connectivity index (χ1) is 17.2. The topological polar surface area (TPSA) is 140 Å². The number of hydrogen-bond acceptors (Lipinski definition) is 8. The predicted octanol–water partition coefficient (Wildman–Crippen LogP) is 3.40. The van der Waals surface area contributed by atoms with Gasteiger partial charge in [-0.3, -0.25) is 9.52 Å². The number of amides is 1. The fraction of sp³-hybridized carbons (Fsp3) is 0.227. The Morgan fingerprint density at radius 2 is 1.92 bits per heavy atom. The summed E-state index contributed by atoms with van der Waals surface area (Å²) in [4.78, 5) is 24.9. The SMILES string of the molecule is COc1cc(NS(=O)(=O)c2ccc(NC(=O)c3cnn4c(C(F)F)cc(C5CC5)nc34)cc2)ncn1. The van der Waals surface area contributed by atoms with Crippen molar-refractivity contribution >= 4 is 33.1 Å². The minimum Gasteiger partial charge on any atom is -0.481 e. The third-order valence-corrected chi connectivity index (χ3v) is 6.87. The number of methoxy groups -OCH3 is 1. The molecule has 0 radical (unpaired) electrons. The fourth-order valence-corrected chi connectivity index (χ4v) is 4.53. The number of ether oxygens (including phenoxy) is 1. The van der Waals surface area contributed by atoms with Gasteiger partial charge in [-0.15, -0.1) is 0 Å². The standard InChI is InChI=1S/C22H19F2N7O4S/c1-35-19-9-18(25-11-26-19)30-36(33,34)14-6-4-13(5-7-14)28-22(32)15-10-27-31-17(20(23)24)8-16(12-2-3-12)29-21(15)31/h4-12,20H,2-3H2,1H3,(H,28,32)(H,25,26,30). The Balaban J connectivity index is 1.36. The zero-order valence-corrected chi connectivity index (χ0v) is 19.5. The Hall–Kier alpha value is -4.20. The van der Waals surface area contributed by atoms with E-state index in [-0.39, 0.29) is 45.1 Å². The molecule has 186 valence electrons. The van der Waals surface area contributed by atoms with Gasteiger partial charge in [0.05, 0.1) is 18.2 Å². The average Bonchev–Trinajstić information content (AvgIpc) is 3.62. The van der Waals surface area contributed by atoms with Crippen LogP contribution in [0.3, 0.4) is 0 Å². The van der Waals surface area contributed by atoms with Crippen LogP contribution in [0.4, 0.5) is 20.3 Å². The van der Waals surface area contributed by atoms with Crippen LogP contribution >= 0.6 is 0 Å². The number of rotatable bonds is 8. The minimum absolute atomic E-state index is 0.0218. The third kappa shape index (κ3) is 4.66. The van der Waals surface area contributed by atoms with Crippen LogP contribution < -0.4 is 14.8 Å². The van der Waals surface area contributed by atoms with E-state index in [1.165, 1.54) is 49.7 Å². The van der Waals surface area contributed by atoms with Crippen molar-refractivity contribution in [3.05, 3.63) is 65.9 Å². The molecule has 0 saturated heterocycles. The van der Waals surface area contributed by atoms with Crippen molar-refractivity contribution in [2.24, 2.45) is 0 Å². The van der Waals surface area contributed by atoms with E-state index in [1.54, 1.807) is 0 Å². The molecular formula is C22H19F2N7O4S. The summed E-state index contributed by atoms with van der Waals surface area (Å²) in [6, 6.07) is 8.04. The predicted molar refractivity (Wildman–Crippen MR) is 124 cm³/mol. The maximum absolute atomic E-state index is 13.6. The van der Waals surface area contributed by atoms with Crippen molar-refractivity contribution in [1.29, 1.82) is 0 Å². The molecule has 0 bridgehead atoms. The number of hydrogen-bond donors (Lipinski definition) is 2. The van der Waals surface area contributed by atoms with E-state index in [1.807, 2.05) is 0 Å². The molecular weight excluding hydrogens is 496 g/mol. The van der Waals surface area contributed by atoms with Gasteiger partial charge in [-0.25, -0.2) is 36.7 Å². The van der Waals surface area contributed by atoms with E-state index >= 15 is 0 Å². The highest BCUT2D eigenvalue weighted by atomic mass is 32.2. The molecule has 1 aliphatic rings. The smallest absolute Gasteiger partial charge is 0.280 e. The van der Waals surface area contributed by atoms with Gasteiger partial charge in [0.25, 0.3) is 22.4 Å². The molecule has 2 N–H and O–H groups in total. The number of benzene rings is 1. The molecule has 0 unspecified atom stereocenters. The van der Waals surface area contributed by atoms with Crippen LogP contribution in [0.15, 0.2) is 53.8 Å². The molecule has 1 saturated carbocycles. The van der Waals surface area contributed by atoms with Crippen LogP contribution in [0.2, 0.25) is 0 Å². The van der Waals surface area contributed by atoms with Gasteiger partial charge in [-0.2, -0.15) is 5.10 Å². The summed E-state index contributed by atoms with van der Waals surface area (Å²) in [5, 5.41) is 6.55. The summed E-state index contributed by atoms with van der Waals surface area (Å²) in [6.45, 7) is 0. The van der Waals surface area contributed by atoms with Crippen LogP contribution in [0, 0.1) is 0 Å². The number of carbonyl (C=O) groups is 1. The number of nitrogens with zero attached hydrogens (tertiary/aromatic N) is 5. The molecule has 1 fully saturated rings. The van der Waals surface area contributed by atoms with E-state index in [9.17, 15) is 22.0 Å². The summed E-state index contributed by atoms with van der Waals surface area (Å²) in [7, 11) is -2.59. The summed E-state index contributed by atoms with van der Waals surface area (Å²) >= 11 is 0. The van der Waals surface area contributed by atoms with Crippen LogP contribution in [0.5, 0.6) is 5.88 Å². The lowest BCUT2D eigenvalue weighted by atomic mass is 10.2. The lowest BCUT2D eigenvalue weighted by Crippen LogP contribution is -2.15. The number of sulfonamides is 1. The molecule has 14 heteroatoms. The minimum atomic E-state index is -3.98. The van der Waals surface area contributed by atoms with Crippen molar-refractivity contribution in [2.45, 2.75) is 30.1 Å². The lowest BCUT2D eigenvalue weighted by molar-refractivity contribution is 0.102. The molecule has 3 aromatic heterocycles. The van der Waals surface area contributed by atoms with Crippen LogP contribution in [-0.2, 0) is 10.0 Å². The maximum atomic E-state index is 13.6. The summed E-state index contributed by atoms with van der Waals surface area (Å²) in [6.07, 6.45) is 1.27. The average molecular weight is 516 g/mol. The maximum Gasteiger partial charge on any atom is 0.280 e. The van der Waals surface area contributed by atoms with Gasteiger partial charge in [0.1, 0.15) is 23.4 Å². The summed E-state index contributed by atoms with van der Waals surface area (Å²) < 4.78 is 60.7. The molecule has 0 atom stereocenters. The number of fused-ring (bicyclic) bond motifs is 1. The fourth-order valence-electron chi connectivity index (χ4n) is 3.53. The van der Waals surface area contributed by atoms with Crippen molar-refractivity contribution in [3.8, 4) is 5.88 Å². The van der Waals surface area contributed by atoms with E-state index < -0.39 is 22.4 Å². The first-order valence-corrected chi connectivity index (χ1v) is 12.2. The molecule has 4 aromatic rings. The van der Waals surface area contributed by atoms with Gasteiger partial charge in [0.2, 0.25) is 5.88 Å². The molecule has 5 rings (SSSR count). The molecule has 11 nitrogen and oxygen atoms in total. The highest BCUT2D eigenvalue weighted by Crippen LogP contribution is 2.40. The molecule has 0 spiro atoms. The Labute approximate surface area is 203 Å². The summed E-state index contributed by atoms with van der Waals surface area (Å²) in [5.41, 5.74) is 0.529. The van der Waals surface area contributed by atoms with E-state index in [0.29, 0.717) is 5.69 Å². The van der Waals surface area contributed by atoms with Gasteiger partial charge in [0, 0.05) is 23.4 Å². The zero-order chi connectivity index (χ0) is 25.4. The Morgan fingerprint density at radius 1 is 1.17 bits per heavy atom. The number of aromatic nitrogens is 5. The molecule has 1 amide bonds. The lowest BCUT2D eigenvalue weighted by Gasteiger charge is -2.10. The van der Waals surface area contributed by atoms with Gasteiger partial charge >= 0.3 is 0 Å². The number of alkyl halides is 2. The third-order valence-electron chi connectivity index (χ3n) is 5.50. The molecule has 1 aromatic carbocycles. The quantitative estimate of drug-likeness (QED) is 0.364. The second kappa shape index (κ2) is 9.11. The molecule has 0 aliphatic heterocycles. The van der Waals surface area contributed by atoms with E-state index in [2.05, 4.69) is 30.1 Å². The Bertz CT molecular complexity index is 1550. The monoisotopic (exact) mass is 515 g/mol. The normalized spacial score (nSPS) is 13.7. The second-order valence-electron chi connectivity index (χ2n) is 8.00. The van der Waals surface area contributed by atoms with Crippen molar-refractivity contribution < 1.29 is 26.7 Å². The molecule has 1 aliphatic carbocycles. The van der Waals surface area contributed by atoms with Gasteiger partial charge in [0.15, 0.2) is 5.65 Å². The molecule has 3 heterocycles. The van der Waals surface area contributed by atoms with Crippen molar-refractivity contribution in [3.63, 3.8) is 0 Å². The first kappa shape index (κ1) is 23.5. The van der Waals surface area contributed by atoms with Crippen molar-refractivity contribution in [2.75, 3.05) is 17.1 Å². The number of halogens is 2. The molecule has 36 heavy (non-hydrogen) atoms. The van der Waals surface area contributed by atoms with Crippen LogP contribution in [-0.4, -0.2) is 46.0 Å². The summed E-state index contributed by atoms with van der Waals surface area (Å²) in [5.74, 6) is -0.307. The van der Waals surface area contributed by atoms with Crippen LogP contribution in [0.1, 0.15) is 46.9 Å². The largest absolute Gasteiger partial charge is 0.481 e. The van der Waals surface area contributed by atoms with Crippen molar-refractivity contribution in [1.82, 2.24) is 24.6 Å². The number of anilines is 2. The first-order valence-electron chi connectivity index (χ1n) is 10.7. The number of nitrogens with one attached hydrogen (secondary N) is 2. The van der Waals surface area contributed by atoms with E-state index in [4.69, 9.17) is 4.74 Å². The Morgan fingerprint density at radius 3 is 2.58 bits per heavy atom. The van der Waals surface area contributed by atoms with E-state index in [0.717, 1.165) is 23.7 Å². The van der Waals surface area contributed by atoms with Gasteiger partial charge < -0.3 is 10.1 Å².